The van der Waals surface area contributed by atoms with E-state index < -0.39 is 10.0 Å². The van der Waals surface area contributed by atoms with Crippen LogP contribution in [-0.2, 0) is 10.0 Å². The Morgan fingerprint density at radius 1 is 1.29 bits per heavy atom. The summed E-state index contributed by atoms with van der Waals surface area (Å²) in [6, 6.07) is 0.293. The van der Waals surface area contributed by atoms with Crippen molar-refractivity contribution in [1.82, 2.24) is 4.31 Å². The number of hydrogen-bond donors (Lipinski definition) is 0. The molecule has 1 saturated carbocycles. The highest BCUT2D eigenvalue weighted by atomic mass is 32.2. The molecule has 0 unspecified atom stereocenters. The van der Waals surface area contributed by atoms with Crippen LogP contribution in [0.3, 0.4) is 0 Å². The van der Waals surface area contributed by atoms with Crippen molar-refractivity contribution in [2.75, 3.05) is 12.8 Å². The lowest BCUT2D eigenvalue weighted by atomic mass is 9.94. The van der Waals surface area contributed by atoms with Crippen LogP contribution in [0.5, 0.6) is 0 Å². The van der Waals surface area contributed by atoms with Gasteiger partial charge in [-0.2, -0.15) is 0 Å². The van der Waals surface area contributed by atoms with E-state index >= 15 is 0 Å². The van der Waals surface area contributed by atoms with Crippen molar-refractivity contribution in [3.63, 3.8) is 0 Å². The van der Waals surface area contributed by atoms with Crippen LogP contribution in [0.1, 0.15) is 45.4 Å². The smallest absolute Gasteiger partial charge is 0.212 e. The summed E-state index contributed by atoms with van der Waals surface area (Å²) < 4.78 is 25.1. The predicted molar refractivity (Wildman–Crippen MR) is 58.7 cm³/mol. The van der Waals surface area contributed by atoms with Gasteiger partial charge in [-0.05, 0) is 19.3 Å². The number of rotatable bonds is 6. The van der Waals surface area contributed by atoms with Gasteiger partial charge in [-0.15, -0.1) is 0 Å². The zero-order chi connectivity index (χ0) is 10.6. The second kappa shape index (κ2) is 5.12. The van der Waals surface area contributed by atoms with Gasteiger partial charge < -0.3 is 0 Å². The van der Waals surface area contributed by atoms with Crippen LogP contribution in [0.25, 0.3) is 0 Å². The third kappa shape index (κ3) is 2.95. The molecule has 1 fully saturated rings. The van der Waals surface area contributed by atoms with E-state index in [0.29, 0.717) is 11.8 Å². The Labute approximate surface area is 87.5 Å². The molecule has 0 heterocycles. The van der Waals surface area contributed by atoms with Gasteiger partial charge in [-0.25, -0.2) is 12.7 Å². The largest absolute Gasteiger partial charge is 0.214 e. The summed E-state index contributed by atoms with van der Waals surface area (Å²) in [6.45, 7) is 2.09. The van der Waals surface area contributed by atoms with Crippen molar-refractivity contribution in [2.24, 2.45) is 0 Å². The summed E-state index contributed by atoms with van der Waals surface area (Å²) in [4.78, 5) is 0. The van der Waals surface area contributed by atoms with Gasteiger partial charge in [0.25, 0.3) is 0 Å². The fourth-order valence-corrected chi connectivity index (χ4v) is 3.18. The van der Waals surface area contributed by atoms with Crippen molar-refractivity contribution in [2.45, 2.75) is 51.5 Å². The number of unbranched alkanes of at least 4 members (excludes halogenated alkanes) is 2. The molecule has 0 spiro atoms. The number of hydrogen-bond acceptors (Lipinski definition) is 2. The molecule has 1 aliphatic carbocycles. The van der Waals surface area contributed by atoms with Gasteiger partial charge in [-0.3, -0.25) is 0 Å². The molecule has 0 aliphatic heterocycles. The van der Waals surface area contributed by atoms with Crippen molar-refractivity contribution in [1.29, 1.82) is 0 Å². The highest BCUT2D eigenvalue weighted by Crippen LogP contribution is 2.25. The number of nitrogens with zero attached hydrogens (tertiary/aromatic N) is 1. The molecule has 4 heteroatoms. The van der Waals surface area contributed by atoms with Crippen molar-refractivity contribution in [3.05, 3.63) is 0 Å². The van der Waals surface area contributed by atoms with Crippen molar-refractivity contribution in [3.8, 4) is 0 Å². The summed E-state index contributed by atoms with van der Waals surface area (Å²) in [5, 5.41) is 0. The average Bonchev–Trinajstić information content (AvgIpc) is 2.01. The highest BCUT2D eigenvalue weighted by molar-refractivity contribution is 7.89. The molecule has 0 atom stereocenters. The van der Waals surface area contributed by atoms with Crippen LogP contribution in [0.15, 0.2) is 0 Å². The van der Waals surface area contributed by atoms with Crippen LogP contribution < -0.4 is 0 Å². The molecule has 0 aromatic rings. The fraction of sp³-hybridized carbons (Fsp3) is 1.00. The Balaban J connectivity index is 2.38. The SMILES string of the molecule is CCCCCS(=O)(=O)N(C)C1CCC1. The summed E-state index contributed by atoms with van der Waals surface area (Å²) >= 11 is 0. The summed E-state index contributed by atoms with van der Waals surface area (Å²) in [5.41, 5.74) is 0. The van der Waals surface area contributed by atoms with Gasteiger partial charge in [0.2, 0.25) is 10.0 Å². The summed E-state index contributed by atoms with van der Waals surface area (Å²) in [7, 11) is -1.23. The monoisotopic (exact) mass is 219 g/mol. The Morgan fingerprint density at radius 3 is 2.36 bits per heavy atom. The fourth-order valence-electron chi connectivity index (χ4n) is 1.66. The highest BCUT2D eigenvalue weighted by Gasteiger charge is 2.29. The molecule has 0 radical (unpaired) electrons. The van der Waals surface area contributed by atoms with E-state index in [2.05, 4.69) is 6.92 Å². The molecule has 0 aromatic carbocycles. The van der Waals surface area contributed by atoms with Gasteiger partial charge in [-0.1, -0.05) is 26.2 Å². The van der Waals surface area contributed by atoms with Gasteiger partial charge >= 0.3 is 0 Å². The van der Waals surface area contributed by atoms with Crippen molar-refractivity contribution >= 4 is 10.0 Å². The molecular formula is C10H21NO2S. The van der Waals surface area contributed by atoms with Crippen LogP contribution in [0.2, 0.25) is 0 Å². The van der Waals surface area contributed by atoms with Crippen molar-refractivity contribution < 1.29 is 8.42 Å². The van der Waals surface area contributed by atoms with Gasteiger partial charge in [0, 0.05) is 13.1 Å². The lowest BCUT2D eigenvalue weighted by molar-refractivity contribution is 0.249. The molecule has 0 bridgehead atoms. The van der Waals surface area contributed by atoms with Gasteiger partial charge in [0.05, 0.1) is 5.75 Å². The minimum absolute atomic E-state index is 0.293. The molecular weight excluding hydrogens is 198 g/mol. The summed E-state index contributed by atoms with van der Waals surface area (Å²) in [6.07, 6.45) is 6.16. The predicted octanol–water partition coefficient (Wildman–Crippen LogP) is 1.99. The first-order valence-electron chi connectivity index (χ1n) is 5.53. The van der Waals surface area contributed by atoms with E-state index in [1.807, 2.05) is 0 Å². The molecule has 0 aromatic heterocycles. The van der Waals surface area contributed by atoms with E-state index in [4.69, 9.17) is 0 Å². The first kappa shape index (κ1) is 12.0. The zero-order valence-electron chi connectivity index (χ0n) is 9.20. The van der Waals surface area contributed by atoms with E-state index in [9.17, 15) is 8.42 Å². The van der Waals surface area contributed by atoms with Gasteiger partial charge in [0.15, 0.2) is 0 Å². The molecule has 3 nitrogen and oxygen atoms in total. The van der Waals surface area contributed by atoms with E-state index in [-0.39, 0.29) is 0 Å². The Morgan fingerprint density at radius 2 is 1.93 bits per heavy atom. The molecule has 0 N–H and O–H groups in total. The van der Waals surface area contributed by atoms with E-state index in [1.54, 1.807) is 11.4 Å². The normalized spacial score (nSPS) is 18.5. The minimum atomic E-state index is -2.96. The quantitative estimate of drug-likeness (QED) is 0.641. The first-order chi connectivity index (χ1) is 6.58. The van der Waals surface area contributed by atoms with Crippen LogP contribution in [0.4, 0.5) is 0 Å². The molecule has 14 heavy (non-hydrogen) atoms. The first-order valence-corrected chi connectivity index (χ1v) is 7.14. The lowest BCUT2D eigenvalue weighted by Crippen LogP contribution is -2.42. The van der Waals surface area contributed by atoms with Gasteiger partial charge in [0.1, 0.15) is 0 Å². The third-order valence-corrected chi connectivity index (χ3v) is 5.01. The third-order valence-electron chi connectivity index (χ3n) is 3.03. The zero-order valence-corrected chi connectivity index (χ0v) is 10.0. The maximum Gasteiger partial charge on any atom is 0.214 e. The maximum atomic E-state index is 11.8. The Bertz CT molecular complexity index is 257. The Kier molecular flexibility index (Phi) is 4.38. The van der Waals surface area contributed by atoms with Crippen LogP contribution in [0, 0.1) is 0 Å². The number of sulfonamides is 1. The van der Waals surface area contributed by atoms with E-state index in [0.717, 1.165) is 32.1 Å². The summed E-state index contributed by atoms with van der Waals surface area (Å²) in [5.74, 6) is 0.327. The topological polar surface area (TPSA) is 37.4 Å². The maximum absolute atomic E-state index is 11.8. The average molecular weight is 219 g/mol. The van der Waals surface area contributed by atoms with Crippen LogP contribution in [-0.4, -0.2) is 31.6 Å². The Hall–Kier alpha value is -0.0900. The molecule has 1 aliphatic rings. The van der Waals surface area contributed by atoms with E-state index in [1.165, 1.54) is 6.42 Å². The standard InChI is InChI=1S/C10H21NO2S/c1-3-4-5-9-14(12,13)11(2)10-7-6-8-10/h10H,3-9H2,1-2H3. The minimum Gasteiger partial charge on any atom is -0.212 e. The second-order valence-corrected chi connectivity index (χ2v) is 6.27. The molecule has 0 saturated heterocycles. The lowest BCUT2D eigenvalue weighted by Gasteiger charge is -2.33. The molecule has 84 valence electrons. The molecule has 1 rings (SSSR count). The second-order valence-electron chi connectivity index (χ2n) is 4.12. The molecule has 0 amide bonds. The van der Waals surface area contributed by atoms with Crippen LogP contribution >= 0.6 is 0 Å².